The second kappa shape index (κ2) is 5.38. The molecule has 17 heavy (non-hydrogen) atoms. The van der Waals surface area contributed by atoms with Crippen LogP contribution >= 0.6 is 39.1 Å². The summed E-state index contributed by atoms with van der Waals surface area (Å²) in [7, 11) is 0. The molecule has 1 aromatic rings. The lowest BCUT2D eigenvalue weighted by atomic mass is 9.73. The third-order valence-corrected chi connectivity index (χ3v) is 5.28. The molecule has 0 saturated heterocycles. The molecule has 0 atom stereocenters. The van der Waals surface area contributed by atoms with Crippen LogP contribution in [0.2, 0.25) is 10.0 Å². The van der Waals surface area contributed by atoms with Crippen LogP contribution in [0.5, 0.6) is 0 Å². The standard InChI is InChI=1S/C13H16BrCl2N/c1-7(2)8-5-9(6-8)17-11-4-3-10(14)12(15)13(11)16/h3-4,7-9,17H,5-6H2,1-2H3. The largest absolute Gasteiger partial charge is 0.381 e. The summed E-state index contributed by atoms with van der Waals surface area (Å²) in [5.74, 6) is 1.62. The predicted molar refractivity (Wildman–Crippen MR) is 79.1 cm³/mol. The highest BCUT2D eigenvalue weighted by atomic mass is 79.9. The highest BCUT2D eigenvalue weighted by Gasteiger charge is 2.31. The van der Waals surface area contributed by atoms with Gasteiger partial charge in [0.1, 0.15) is 0 Å². The van der Waals surface area contributed by atoms with Crippen molar-refractivity contribution in [2.75, 3.05) is 5.32 Å². The first-order valence-electron chi connectivity index (χ1n) is 5.89. The molecule has 0 aromatic heterocycles. The molecule has 1 nitrogen and oxygen atoms in total. The van der Waals surface area contributed by atoms with Gasteiger partial charge >= 0.3 is 0 Å². The third kappa shape index (κ3) is 2.91. The number of benzene rings is 1. The zero-order valence-corrected chi connectivity index (χ0v) is 13.0. The second-order valence-corrected chi connectivity index (χ2v) is 6.65. The fourth-order valence-electron chi connectivity index (χ4n) is 2.18. The number of anilines is 1. The second-order valence-electron chi connectivity index (χ2n) is 5.04. The molecule has 94 valence electrons. The van der Waals surface area contributed by atoms with Crippen LogP contribution in [0.1, 0.15) is 26.7 Å². The summed E-state index contributed by atoms with van der Waals surface area (Å²) in [4.78, 5) is 0. The third-order valence-electron chi connectivity index (χ3n) is 3.51. The highest BCUT2D eigenvalue weighted by molar-refractivity contribution is 9.10. The van der Waals surface area contributed by atoms with Crippen molar-refractivity contribution in [1.29, 1.82) is 0 Å². The molecular formula is C13H16BrCl2N. The van der Waals surface area contributed by atoms with Crippen molar-refractivity contribution in [3.63, 3.8) is 0 Å². The molecule has 0 unspecified atom stereocenters. The van der Waals surface area contributed by atoms with Gasteiger partial charge in [0, 0.05) is 10.5 Å². The molecule has 1 fully saturated rings. The molecule has 4 heteroatoms. The molecule has 1 saturated carbocycles. The van der Waals surface area contributed by atoms with Gasteiger partial charge in [0.2, 0.25) is 0 Å². The molecule has 0 aliphatic heterocycles. The van der Waals surface area contributed by atoms with Crippen LogP contribution < -0.4 is 5.32 Å². The Morgan fingerprint density at radius 2 is 1.88 bits per heavy atom. The van der Waals surface area contributed by atoms with Crippen molar-refractivity contribution < 1.29 is 0 Å². The summed E-state index contributed by atoms with van der Waals surface area (Å²) < 4.78 is 0.836. The summed E-state index contributed by atoms with van der Waals surface area (Å²) in [5, 5.41) is 4.65. The summed E-state index contributed by atoms with van der Waals surface area (Å²) in [6, 6.07) is 4.44. The maximum Gasteiger partial charge on any atom is 0.0835 e. The maximum atomic E-state index is 6.20. The molecule has 2 rings (SSSR count). The first kappa shape index (κ1) is 13.5. The predicted octanol–water partition coefficient (Wildman–Crippen LogP) is 5.60. The Morgan fingerprint density at radius 3 is 2.47 bits per heavy atom. The van der Waals surface area contributed by atoms with E-state index < -0.39 is 0 Å². The number of hydrogen-bond acceptors (Lipinski definition) is 1. The van der Waals surface area contributed by atoms with E-state index in [9.17, 15) is 0 Å². The zero-order chi connectivity index (χ0) is 12.6. The zero-order valence-electron chi connectivity index (χ0n) is 9.93. The lowest BCUT2D eigenvalue weighted by molar-refractivity contribution is 0.212. The Bertz CT molecular complexity index is 414. The van der Waals surface area contributed by atoms with Crippen LogP contribution in [0.25, 0.3) is 0 Å². The Kier molecular flexibility index (Phi) is 4.27. The summed E-state index contributed by atoms with van der Waals surface area (Å²) in [6.07, 6.45) is 2.45. The van der Waals surface area contributed by atoms with Gasteiger partial charge in [-0.15, -0.1) is 0 Å². The minimum absolute atomic E-state index is 0.539. The van der Waals surface area contributed by atoms with E-state index in [0.29, 0.717) is 16.1 Å². The molecule has 1 N–H and O–H groups in total. The fourth-order valence-corrected chi connectivity index (χ4v) is 3.01. The maximum absolute atomic E-state index is 6.20. The molecule has 1 aliphatic carbocycles. The average molecular weight is 337 g/mol. The van der Waals surface area contributed by atoms with Gasteiger partial charge in [-0.25, -0.2) is 0 Å². The van der Waals surface area contributed by atoms with Crippen LogP contribution in [0.3, 0.4) is 0 Å². The minimum atomic E-state index is 0.539. The first-order chi connectivity index (χ1) is 7.99. The topological polar surface area (TPSA) is 12.0 Å². The Balaban J connectivity index is 1.99. The van der Waals surface area contributed by atoms with E-state index in [0.717, 1.165) is 22.0 Å². The van der Waals surface area contributed by atoms with Gasteiger partial charge in [0.05, 0.1) is 15.7 Å². The highest BCUT2D eigenvalue weighted by Crippen LogP contribution is 2.40. The molecule has 0 spiro atoms. The molecule has 1 aromatic carbocycles. The Hall–Kier alpha value is 0.0800. The van der Waals surface area contributed by atoms with Crippen LogP contribution in [0.4, 0.5) is 5.69 Å². The van der Waals surface area contributed by atoms with Crippen molar-refractivity contribution in [1.82, 2.24) is 0 Å². The van der Waals surface area contributed by atoms with E-state index in [2.05, 4.69) is 35.1 Å². The van der Waals surface area contributed by atoms with Gasteiger partial charge in [-0.2, -0.15) is 0 Å². The van der Waals surface area contributed by atoms with Crippen molar-refractivity contribution in [2.24, 2.45) is 11.8 Å². The van der Waals surface area contributed by atoms with Gasteiger partial charge in [0.25, 0.3) is 0 Å². The molecule has 0 radical (unpaired) electrons. The minimum Gasteiger partial charge on any atom is -0.381 e. The summed E-state index contributed by atoms with van der Waals surface area (Å²) in [5.41, 5.74) is 0.937. The summed E-state index contributed by atoms with van der Waals surface area (Å²) in [6.45, 7) is 4.56. The van der Waals surface area contributed by atoms with Gasteiger partial charge in [-0.3, -0.25) is 0 Å². The van der Waals surface area contributed by atoms with Crippen molar-refractivity contribution in [2.45, 2.75) is 32.7 Å². The van der Waals surface area contributed by atoms with Crippen molar-refractivity contribution >= 4 is 44.8 Å². The smallest absolute Gasteiger partial charge is 0.0835 e. The van der Waals surface area contributed by atoms with Gasteiger partial charge in [-0.1, -0.05) is 37.0 Å². The van der Waals surface area contributed by atoms with E-state index in [4.69, 9.17) is 23.2 Å². The fraction of sp³-hybridized carbons (Fsp3) is 0.538. The van der Waals surface area contributed by atoms with Crippen LogP contribution in [0.15, 0.2) is 16.6 Å². The van der Waals surface area contributed by atoms with E-state index >= 15 is 0 Å². The monoisotopic (exact) mass is 335 g/mol. The van der Waals surface area contributed by atoms with E-state index in [-0.39, 0.29) is 0 Å². The molecule has 0 bridgehead atoms. The van der Waals surface area contributed by atoms with Crippen LogP contribution in [0, 0.1) is 11.8 Å². The Morgan fingerprint density at radius 1 is 1.24 bits per heavy atom. The molecule has 1 aliphatic rings. The molecule has 0 amide bonds. The van der Waals surface area contributed by atoms with Crippen LogP contribution in [-0.4, -0.2) is 6.04 Å². The Labute approximate surface area is 121 Å². The molecular weight excluding hydrogens is 321 g/mol. The average Bonchev–Trinajstić information content (AvgIpc) is 2.21. The molecule has 0 heterocycles. The first-order valence-corrected chi connectivity index (χ1v) is 7.44. The number of nitrogens with one attached hydrogen (secondary N) is 1. The van der Waals surface area contributed by atoms with E-state index in [1.54, 1.807) is 0 Å². The summed E-state index contributed by atoms with van der Waals surface area (Å²) >= 11 is 15.6. The number of hydrogen-bond donors (Lipinski definition) is 1. The van der Waals surface area contributed by atoms with Gasteiger partial charge in [-0.05, 0) is 52.7 Å². The van der Waals surface area contributed by atoms with E-state index in [1.807, 2.05) is 12.1 Å². The SMILES string of the molecule is CC(C)C1CC(Nc2ccc(Br)c(Cl)c2Cl)C1. The number of halogens is 3. The normalized spacial score (nSPS) is 23.6. The lowest BCUT2D eigenvalue weighted by Crippen LogP contribution is -2.37. The van der Waals surface area contributed by atoms with Crippen LogP contribution in [-0.2, 0) is 0 Å². The van der Waals surface area contributed by atoms with Crippen molar-refractivity contribution in [3.05, 3.63) is 26.7 Å². The van der Waals surface area contributed by atoms with Crippen molar-refractivity contribution in [3.8, 4) is 0 Å². The van der Waals surface area contributed by atoms with E-state index in [1.165, 1.54) is 12.8 Å². The van der Waals surface area contributed by atoms with Gasteiger partial charge < -0.3 is 5.32 Å². The number of rotatable bonds is 3. The quantitative estimate of drug-likeness (QED) is 0.708. The van der Waals surface area contributed by atoms with Gasteiger partial charge in [0.15, 0.2) is 0 Å². The lowest BCUT2D eigenvalue weighted by Gasteiger charge is -2.39.